The average molecular weight is 459 g/mol. The highest BCUT2D eigenvalue weighted by molar-refractivity contribution is 7.13. The molecule has 4 aromatic rings. The third-order valence-electron chi connectivity index (χ3n) is 4.22. The molecule has 0 aliphatic heterocycles. The van der Waals surface area contributed by atoms with Gasteiger partial charge in [-0.15, -0.1) is 31.7 Å². The van der Waals surface area contributed by atoms with E-state index in [2.05, 4.69) is 37.5 Å². The molecule has 0 fully saturated rings. The molecule has 31 heavy (non-hydrogen) atoms. The van der Waals surface area contributed by atoms with E-state index in [0.29, 0.717) is 35.6 Å². The molecule has 0 bridgehead atoms. The Balaban J connectivity index is 1.39. The number of rotatable bonds is 9. The van der Waals surface area contributed by atoms with Crippen molar-refractivity contribution < 1.29 is 13.6 Å². The summed E-state index contributed by atoms with van der Waals surface area (Å²) in [5.74, 6) is 0.290. The summed E-state index contributed by atoms with van der Waals surface area (Å²) in [7, 11) is 0. The van der Waals surface area contributed by atoms with Gasteiger partial charge in [0.05, 0.1) is 18.0 Å². The zero-order valence-corrected chi connectivity index (χ0v) is 18.2. The van der Waals surface area contributed by atoms with Gasteiger partial charge in [-0.2, -0.15) is 0 Å². The lowest BCUT2D eigenvalue weighted by molar-refractivity contribution is 0.102. The van der Waals surface area contributed by atoms with Crippen LogP contribution in [0.1, 0.15) is 34.0 Å². The van der Waals surface area contributed by atoms with E-state index in [-0.39, 0.29) is 16.7 Å². The van der Waals surface area contributed by atoms with Crippen molar-refractivity contribution in [1.82, 2.24) is 25.3 Å². The fraction of sp³-hybridized carbons (Fsp3) is 0.250. The van der Waals surface area contributed by atoms with Gasteiger partial charge in [-0.1, -0.05) is 24.3 Å². The van der Waals surface area contributed by atoms with Crippen LogP contribution in [0.5, 0.6) is 0 Å². The van der Waals surface area contributed by atoms with Gasteiger partial charge < -0.3 is 9.73 Å². The second kappa shape index (κ2) is 9.86. The van der Waals surface area contributed by atoms with Gasteiger partial charge in [-0.3, -0.25) is 9.69 Å². The largest absolute Gasteiger partial charge is 0.419 e. The molecule has 1 aromatic carbocycles. The van der Waals surface area contributed by atoms with Crippen molar-refractivity contribution in [2.24, 2.45) is 0 Å². The molecule has 1 N–H and O–H groups in total. The number of halogens is 1. The van der Waals surface area contributed by atoms with Crippen molar-refractivity contribution in [1.29, 1.82) is 0 Å². The van der Waals surface area contributed by atoms with Gasteiger partial charge >= 0.3 is 0 Å². The summed E-state index contributed by atoms with van der Waals surface area (Å²) in [5.41, 5.74) is 0.494. The van der Waals surface area contributed by atoms with Crippen LogP contribution in [0.15, 0.2) is 46.2 Å². The zero-order chi connectivity index (χ0) is 21.6. The number of nitrogens with one attached hydrogen (secondary N) is 1. The highest BCUT2D eigenvalue weighted by Gasteiger charge is 2.18. The predicted molar refractivity (Wildman–Crippen MR) is 116 cm³/mol. The van der Waals surface area contributed by atoms with Crippen LogP contribution in [0, 0.1) is 5.82 Å². The molecule has 0 aliphatic carbocycles. The van der Waals surface area contributed by atoms with Gasteiger partial charge in [-0.25, -0.2) is 4.39 Å². The first-order chi connectivity index (χ1) is 15.1. The maximum absolute atomic E-state index is 13.0. The van der Waals surface area contributed by atoms with E-state index in [1.54, 1.807) is 11.3 Å². The Morgan fingerprint density at radius 2 is 1.97 bits per heavy atom. The van der Waals surface area contributed by atoms with E-state index < -0.39 is 0 Å². The van der Waals surface area contributed by atoms with Crippen LogP contribution < -0.4 is 5.32 Å². The molecule has 11 heteroatoms. The molecule has 1 amide bonds. The quantitative estimate of drug-likeness (QED) is 0.396. The van der Waals surface area contributed by atoms with Crippen molar-refractivity contribution in [2.75, 3.05) is 11.9 Å². The normalized spacial score (nSPS) is 11.2. The van der Waals surface area contributed by atoms with Crippen LogP contribution in [0.2, 0.25) is 0 Å². The van der Waals surface area contributed by atoms with Gasteiger partial charge in [-0.05, 0) is 48.7 Å². The summed E-state index contributed by atoms with van der Waals surface area (Å²) in [4.78, 5) is 15.4. The number of anilines is 1. The molecular formula is C20H19FN6O2S2. The molecule has 8 nitrogen and oxygen atoms in total. The predicted octanol–water partition coefficient (Wildman–Crippen LogP) is 4.45. The molecule has 0 saturated heterocycles. The molecule has 3 aromatic heterocycles. The van der Waals surface area contributed by atoms with Crippen molar-refractivity contribution in [3.05, 3.63) is 63.5 Å². The number of carbonyl (C=O) groups is 1. The minimum absolute atomic E-state index is 0.244. The number of benzene rings is 1. The highest BCUT2D eigenvalue weighted by atomic mass is 32.1. The van der Waals surface area contributed by atoms with Gasteiger partial charge in [0.15, 0.2) is 0 Å². The summed E-state index contributed by atoms with van der Waals surface area (Å²) < 4.78 is 18.8. The van der Waals surface area contributed by atoms with Crippen LogP contribution in [0.25, 0.3) is 10.8 Å². The molecule has 0 unspecified atom stereocenters. The van der Waals surface area contributed by atoms with Gasteiger partial charge in [0.25, 0.3) is 11.8 Å². The smallest absolute Gasteiger partial charge is 0.286 e. The number of carbonyl (C=O) groups excluding carboxylic acids is 1. The second-order valence-corrected chi connectivity index (χ2v) is 8.66. The molecular weight excluding hydrogens is 439 g/mol. The van der Waals surface area contributed by atoms with E-state index in [1.165, 1.54) is 35.6 Å². The molecule has 0 radical (unpaired) electrons. The summed E-state index contributed by atoms with van der Waals surface area (Å²) >= 11 is 2.76. The van der Waals surface area contributed by atoms with E-state index in [1.807, 2.05) is 17.5 Å². The van der Waals surface area contributed by atoms with Crippen LogP contribution in [-0.2, 0) is 13.1 Å². The van der Waals surface area contributed by atoms with E-state index in [4.69, 9.17) is 4.42 Å². The molecule has 4 rings (SSSR count). The zero-order valence-electron chi connectivity index (χ0n) is 16.6. The lowest BCUT2D eigenvalue weighted by Gasteiger charge is -2.17. The number of thiophene rings is 1. The van der Waals surface area contributed by atoms with Crippen LogP contribution in [0.4, 0.5) is 10.1 Å². The second-order valence-electron chi connectivity index (χ2n) is 6.65. The Labute approximate surface area is 185 Å². The van der Waals surface area contributed by atoms with Gasteiger partial charge in [0.2, 0.25) is 10.9 Å². The minimum atomic E-state index is -0.380. The Morgan fingerprint density at radius 1 is 1.13 bits per heavy atom. The lowest BCUT2D eigenvalue weighted by Crippen LogP contribution is -2.23. The number of hydrogen-bond donors (Lipinski definition) is 1. The third-order valence-corrected chi connectivity index (χ3v) is 5.98. The maximum Gasteiger partial charge on any atom is 0.286 e. The Morgan fingerprint density at radius 3 is 2.71 bits per heavy atom. The first kappa shape index (κ1) is 21.2. The summed E-state index contributed by atoms with van der Waals surface area (Å²) in [6.07, 6.45) is 0.933. The van der Waals surface area contributed by atoms with Gasteiger partial charge in [0, 0.05) is 5.69 Å². The highest BCUT2D eigenvalue weighted by Crippen LogP contribution is 2.24. The molecule has 160 valence electrons. The first-order valence-corrected chi connectivity index (χ1v) is 11.3. The van der Waals surface area contributed by atoms with Gasteiger partial charge in [0.1, 0.15) is 10.8 Å². The maximum atomic E-state index is 13.0. The Hall–Kier alpha value is -3.02. The van der Waals surface area contributed by atoms with E-state index >= 15 is 0 Å². The monoisotopic (exact) mass is 458 g/mol. The number of aromatic nitrogens is 4. The van der Waals surface area contributed by atoms with Crippen molar-refractivity contribution in [3.63, 3.8) is 0 Å². The topological polar surface area (TPSA) is 97.0 Å². The van der Waals surface area contributed by atoms with Crippen LogP contribution in [0.3, 0.4) is 0 Å². The van der Waals surface area contributed by atoms with Crippen LogP contribution >= 0.6 is 22.7 Å². The van der Waals surface area contributed by atoms with E-state index in [0.717, 1.165) is 17.8 Å². The van der Waals surface area contributed by atoms with Crippen molar-refractivity contribution in [2.45, 2.75) is 26.4 Å². The van der Waals surface area contributed by atoms with Crippen LogP contribution in [-0.4, -0.2) is 37.7 Å². The lowest BCUT2D eigenvalue weighted by atomic mass is 10.3. The summed E-state index contributed by atoms with van der Waals surface area (Å²) in [6, 6.07) is 9.42. The minimum Gasteiger partial charge on any atom is -0.419 e. The summed E-state index contributed by atoms with van der Waals surface area (Å²) in [6.45, 7) is 3.86. The van der Waals surface area contributed by atoms with Crippen molar-refractivity contribution in [3.8, 4) is 10.8 Å². The number of nitrogens with zero attached hydrogens (tertiary/aromatic N) is 5. The Kier molecular flexibility index (Phi) is 6.75. The number of hydrogen-bond acceptors (Lipinski definition) is 9. The summed E-state index contributed by atoms with van der Waals surface area (Å²) in [5, 5.41) is 22.0. The fourth-order valence-corrected chi connectivity index (χ4v) is 4.28. The molecule has 0 atom stereocenters. The fourth-order valence-electron chi connectivity index (χ4n) is 2.86. The molecule has 0 saturated carbocycles. The first-order valence-electron chi connectivity index (χ1n) is 9.58. The average Bonchev–Trinajstić information content (AvgIpc) is 3.51. The standard InChI is InChI=1S/C20H19FN6O2S2/c1-2-9-27(11-16-23-25-19(29-16)15-4-3-10-30-15)12-17-24-26-20(31-17)18(28)22-14-7-5-13(21)6-8-14/h3-8,10H,2,9,11-12H2,1H3,(H,22,28). The van der Waals surface area contributed by atoms with E-state index in [9.17, 15) is 9.18 Å². The van der Waals surface area contributed by atoms with Crippen molar-refractivity contribution >= 4 is 34.3 Å². The molecule has 3 heterocycles. The Bertz CT molecular complexity index is 1130. The number of amides is 1. The molecule has 0 aliphatic rings. The molecule has 0 spiro atoms. The third kappa shape index (κ3) is 5.57. The SMILES string of the molecule is CCCN(Cc1nnc(-c2cccs2)o1)Cc1nnc(C(=O)Nc2ccc(F)cc2)s1.